The number of nitrogens with zero attached hydrogens (tertiary/aromatic N) is 4. The van der Waals surface area contributed by atoms with E-state index in [1.807, 2.05) is 62.4 Å². The average Bonchev–Trinajstić information content (AvgIpc) is 2.58. The summed E-state index contributed by atoms with van der Waals surface area (Å²) >= 11 is 8.25. The Balaban J connectivity index is 0.699. The lowest BCUT2D eigenvalue weighted by molar-refractivity contribution is -0.146. The zero-order valence-corrected chi connectivity index (χ0v) is 52.5. The van der Waals surface area contributed by atoms with Gasteiger partial charge in [-0.05, 0) is 123 Å². The summed E-state index contributed by atoms with van der Waals surface area (Å²) in [7, 11) is -3.79. The van der Waals surface area contributed by atoms with Gasteiger partial charge in [0.25, 0.3) is 11.9 Å². The highest BCUT2D eigenvalue weighted by molar-refractivity contribution is 7.88. The van der Waals surface area contributed by atoms with E-state index < -0.39 is 46.1 Å². The molecule has 11 rings (SSSR count). The largest absolute Gasteiger partial charge is 0.479 e. The molecule has 3 saturated heterocycles. The zero-order valence-electron chi connectivity index (χ0n) is 50.1. The molecule has 2 atom stereocenters. The molecule has 2 aromatic heterocycles. The van der Waals surface area contributed by atoms with Crippen LogP contribution in [0.1, 0.15) is 192 Å². The quantitative estimate of drug-likeness (QED) is 0.102. The van der Waals surface area contributed by atoms with E-state index in [4.69, 9.17) is 35.2 Å². The van der Waals surface area contributed by atoms with E-state index >= 15 is 0 Å². The topological polar surface area (TPSA) is 207 Å². The summed E-state index contributed by atoms with van der Waals surface area (Å²) in [6.45, 7) is 5.75. The lowest BCUT2D eigenvalue weighted by atomic mass is 9.85. The van der Waals surface area contributed by atoms with E-state index in [2.05, 4.69) is 21.6 Å². The molecule has 0 radical (unpaired) electrons. The number of fused-ring (bicyclic) bond motifs is 2. The molecular formula is C67H81ClN6O11S2. The number of aromatic nitrogens is 1. The molecule has 0 saturated carbocycles. The number of hydrogen-bond acceptors (Lipinski definition) is 15. The molecule has 20 heteroatoms. The number of esters is 2. The number of rotatable bonds is 9. The molecule has 464 valence electrons. The molecule has 2 N–H and O–H groups in total. The molecule has 0 aliphatic carbocycles. The first kappa shape index (κ1) is 62.1. The Kier molecular flexibility index (Phi) is 19.9. The number of thiophene rings is 1. The van der Waals surface area contributed by atoms with Crippen LogP contribution >= 0.6 is 22.9 Å². The number of anilines is 3. The van der Waals surface area contributed by atoms with Gasteiger partial charge in [0.1, 0.15) is 16.6 Å². The Labute approximate surface area is 519 Å². The highest BCUT2D eigenvalue weighted by atomic mass is 35.5. The van der Waals surface area contributed by atoms with E-state index in [-0.39, 0.29) is 64.6 Å². The summed E-state index contributed by atoms with van der Waals surface area (Å²) in [5.74, 6) is -1.99. The third-order valence-electron chi connectivity index (χ3n) is 18.1. The Morgan fingerprint density at radius 3 is 2.10 bits per heavy atom. The van der Waals surface area contributed by atoms with Gasteiger partial charge in [0.2, 0.25) is 21.8 Å². The molecule has 7 heterocycles. The summed E-state index contributed by atoms with van der Waals surface area (Å²) in [6, 6.07) is 22.6. The molecule has 17 nitrogen and oxygen atoms in total. The number of ether oxygens (including phenoxy) is 3. The molecule has 0 bridgehead atoms. The molecule has 5 aliphatic heterocycles. The molecule has 3 amide bonds. The standard InChI is InChI=1S/C67H81ClN6O11S2/c1-67(2)41-48(69-47-22-19-21-46(40-47)61-59(68)60-62(86-61)65(79)83-38-18-16-14-12-10-8-6-4-3-5-7-9-11-13-15-17-37-82-57(76)42-84-60)33-36-73(67)87(80,81)43-44-25-27-52-55(39-44)85-66(70-52)72-34-31-45(32-35-72)49-26-28-53-58-50(49)23-20-24-51(58)64(78)74(53)54-29-30-56(75)71-63(54)77/h19-28,39-40,45,48,54,69H,3-18,29-38,41-43H2,1-2H3,(H,71,75,77). The van der Waals surface area contributed by atoms with Crippen molar-refractivity contribution in [2.24, 2.45) is 0 Å². The van der Waals surface area contributed by atoms with Crippen molar-refractivity contribution in [3.05, 3.63) is 99.4 Å². The van der Waals surface area contributed by atoms with Crippen molar-refractivity contribution in [2.75, 3.05) is 54.6 Å². The van der Waals surface area contributed by atoms with Gasteiger partial charge in [-0.25, -0.2) is 18.0 Å². The van der Waals surface area contributed by atoms with Crippen LogP contribution in [-0.4, -0.2) is 104 Å². The summed E-state index contributed by atoms with van der Waals surface area (Å²) in [6.07, 6.45) is 21.5. The fourth-order valence-corrected chi connectivity index (χ4v) is 17.0. The Morgan fingerprint density at radius 1 is 0.736 bits per heavy atom. The van der Waals surface area contributed by atoms with Gasteiger partial charge in [0.15, 0.2) is 22.8 Å². The minimum Gasteiger partial charge on any atom is -0.479 e. The second kappa shape index (κ2) is 27.9. The maximum atomic E-state index is 14.4. The number of halogens is 1. The van der Waals surface area contributed by atoms with Crippen molar-refractivity contribution < 1.29 is 51.0 Å². The summed E-state index contributed by atoms with van der Waals surface area (Å²) in [5, 5.41) is 8.10. The van der Waals surface area contributed by atoms with Crippen molar-refractivity contribution in [2.45, 2.75) is 184 Å². The number of benzene rings is 4. The number of carbonyl (C=O) groups excluding carboxylic acids is 5. The van der Waals surface area contributed by atoms with Gasteiger partial charge in [0, 0.05) is 54.3 Å². The van der Waals surface area contributed by atoms with Gasteiger partial charge in [0.05, 0.1) is 29.5 Å². The number of oxazole rings is 1. The Morgan fingerprint density at radius 2 is 1.41 bits per heavy atom. The third-order valence-corrected chi connectivity index (χ3v) is 21.8. The first-order chi connectivity index (χ1) is 42.1. The first-order valence-electron chi connectivity index (χ1n) is 31.6. The number of sulfonamides is 1. The molecule has 5 aliphatic rings. The van der Waals surface area contributed by atoms with Crippen molar-refractivity contribution >= 4 is 102 Å². The van der Waals surface area contributed by atoms with E-state index in [0.717, 1.165) is 79.0 Å². The number of imide groups is 1. The number of cyclic esters (lactones) is 2. The lowest BCUT2D eigenvalue weighted by Gasteiger charge is -2.45. The number of hydrogen-bond donors (Lipinski definition) is 2. The van der Waals surface area contributed by atoms with E-state index in [0.29, 0.717) is 77.9 Å². The van der Waals surface area contributed by atoms with Gasteiger partial charge in [-0.3, -0.25) is 24.6 Å². The average molecular weight is 1250 g/mol. The van der Waals surface area contributed by atoms with Crippen LogP contribution in [-0.2, 0) is 39.6 Å². The molecule has 4 aromatic carbocycles. The second-order valence-corrected chi connectivity index (χ2v) is 28.2. The fourth-order valence-electron chi connectivity index (χ4n) is 13.6. The minimum atomic E-state index is -3.79. The van der Waals surface area contributed by atoms with Crippen molar-refractivity contribution in [3.8, 4) is 16.2 Å². The third kappa shape index (κ3) is 14.5. The highest BCUT2D eigenvalue weighted by Crippen LogP contribution is 2.48. The Hall–Kier alpha value is -6.54. The van der Waals surface area contributed by atoms with Crippen molar-refractivity contribution in [1.82, 2.24) is 14.6 Å². The predicted octanol–water partition coefficient (Wildman–Crippen LogP) is 14.0. The van der Waals surface area contributed by atoms with E-state index in [1.165, 1.54) is 75.5 Å². The molecule has 87 heavy (non-hydrogen) atoms. The second-order valence-electron chi connectivity index (χ2n) is 24.9. The normalized spacial score (nSPS) is 21.7. The van der Waals surface area contributed by atoms with Crippen LogP contribution in [0.3, 0.4) is 0 Å². The summed E-state index contributed by atoms with van der Waals surface area (Å²) in [5.41, 5.74) is 4.97. The van der Waals surface area contributed by atoms with Gasteiger partial charge in [-0.1, -0.05) is 138 Å². The van der Waals surface area contributed by atoms with Crippen LogP contribution in [0.25, 0.3) is 32.3 Å². The van der Waals surface area contributed by atoms with Crippen LogP contribution in [0.4, 0.5) is 17.4 Å². The summed E-state index contributed by atoms with van der Waals surface area (Å²) in [4.78, 5) is 74.5. The van der Waals surface area contributed by atoms with Gasteiger partial charge >= 0.3 is 11.9 Å². The van der Waals surface area contributed by atoms with E-state index in [9.17, 15) is 32.4 Å². The molecule has 2 unspecified atom stereocenters. The molecule has 0 spiro atoms. The molecular weight excluding hydrogens is 1160 g/mol. The predicted molar refractivity (Wildman–Crippen MR) is 341 cm³/mol. The molecule has 3 fully saturated rings. The van der Waals surface area contributed by atoms with Crippen LogP contribution in [0.5, 0.6) is 5.75 Å². The van der Waals surface area contributed by atoms with Gasteiger partial charge in [-0.2, -0.15) is 9.29 Å². The maximum absolute atomic E-state index is 14.4. The van der Waals surface area contributed by atoms with Gasteiger partial charge in [-0.15, -0.1) is 11.3 Å². The van der Waals surface area contributed by atoms with Crippen LogP contribution in [0.15, 0.2) is 77.2 Å². The number of piperidine rings is 3. The number of carbonyl (C=O) groups is 5. The number of nitrogens with one attached hydrogen (secondary N) is 2. The SMILES string of the molecule is CC1(C)CC(Nc2cccc(-c3sc4c(c3Cl)OCC(=O)OCCCCCCCCCCCCCCCCCCOC4=O)c2)CCN1S(=O)(=O)Cc1ccc2nc(N3CCC(c4ccc5c6c(cccc46)C(=O)N5C4CCC(=O)NC4=O)CC3)oc2c1. The van der Waals surface area contributed by atoms with Crippen LogP contribution < -0.4 is 25.2 Å². The monoisotopic (exact) mass is 1240 g/mol. The minimum absolute atomic E-state index is 0.0630. The highest BCUT2D eigenvalue weighted by Gasteiger charge is 2.43. The molecule has 6 aromatic rings. The van der Waals surface area contributed by atoms with E-state index in [1.54, 1.807) is 27.4 Å². The lowest BCUT2D eigenvalue weighted by Crippen LogP contribution is -2.55. The van der Waals surface area contributed by atoms with Crippen LogP contribution in [0, 0.1) is 0 Å². The Bertz CT molecular complexity index is 3610. The van der Waals surface area contributed by atoms with Gasteiger partial charge < -0.3 is 28.8 Å². The fraction of sp³-hybridized carbons (Fsp3) is 0.522. The first-order valence-corrected chi connectivity index (χ1v) is 34.4. The van der Waals surface area contributed by atoms with Crippen molar-refractivity contribution in [1.29, 1.82) is 0 Å². The van der Waals surface area contributed by atoms with Crippen LogP contribution in [0.2, 0.25) is 5.02 Å². The van der Waals surface area contributed by atoms with Crippen molar-refractivity contribution in [3.63, 3.8) is 0 Å². The summed E-state index contributed by atoms with van der Waals surface area (Å²) < 4.78 is 54.1. The number of amides is 3. The zero-order chi connectivity index (χ0) is 60.7. The maximum Gasteiger partial charge on any atom is 0.352 e. The smallest absolute Gasteiger partial charge is 0.352 e.